The molecule has 2 aromatic heterocycles. The number of fused-ring (bicyclic) bond motifs is 1. The van der Waals surface area contributed by atoms with Crippen LogP contribution in [0.25, 0.3) is 10.9 Å². The van der Waals surface area contributed by atoms with Crippen LogP contribution in [0.4, 0.5) is 4.39 Å². The molecule has 0 aliphatic carbocycles. The summed E-state index contributed by atoms with van der Waals surface area (Å²) in [6, 6.07) is 16.5. The first-order chi connectivity index (χ1) is 11.3. The summed E-state index contributed by atoms with van der Waals surface area (Å²) in [4.78, 5) is 8.57. The second-order valence-electron chi connectivity index (χ2n) is 5.38. The zero-order chi connectivity index (χ0) is 15.6. The fourth-order valence-electron chi connectivity index (χ4n) is 2.97. The number of hydrogen-bond donors (Lipinski definition) is 0. The highest BCUT2D eigenvalue weighted by molar-refractivity contribution is 5.82. The zero-order valence-corrected chi connectivity index (χ0v) is 12.3. The number of pyridine rings is 1. The lowest BCUT2D eigenvalue weighted by Gasteiger charge is -2.21. The van der Waals surface area contributed by atoms with E-state index in [4.69, 9.17) is 0 Å². The minimum absolute atomic E-state index is 0.152. The summed E-state index contributed by atoms with van der Waals surface area (Å²) >= 11 is 0. The topological polar surface area (TPSA) is 30.7 Å². The molecule has 3 nitrogen and oxygen atoms in total. The number of para-hydroxylation sites is 1. The van der Waals surface area contributed by atoms with Gasteiger partial charge in [-0.15, -0.1) is 0 Å². The zero-order valence-electron chi connectivity index (χ0n) is 12.3. The average molecular weight is 303 g/mol. The van der Waals surface area contributed by atoms with Crippen LogP contribution >= 0.6 is 0 Å². The van der Waals surface area contributed by atoms with Crippen LogP contribution in [0.2, 0.25) is 0 Å². The van der Waals surface area contributed by atoms with Crippen LogP contribution in [-0.2, 0) is 0 Å². The van der Waals surface area contributed by atoms with Gasteiger partial charge in [-0.05, 0) is 35.4 Å². The van der Waals surface area contributed by atoms with E-state index >= 15 is 0 Å². The fraction of sp³-hybridized carbons (Fsp3) is 0.0526. The van der Waals surface area contributed by atoms with Crippen molar-refractivity contribution in [2.24, 2.45) is 0 Å². The largest absolute Gasteiger partial charge is 0.326 e. The number of imidazole rings is 1. The molecule has 0 aliphatic heterocycles. The molecule has 0 fully saturated rings. The summed E-state index contributed by atoms with van der Waals surface area (Å²) < 4.78 is 15.7. The molecule has 2 aromatic carbocycles. The van der Waals surface area contributed by atoms with Gasteiger partial charge >= 0.3 is 0 Å². The highest BCUT2D eigenvalue weighted by Gasteiger charge is 2.19. The predicted octanol–water partition coefficient (Wildman–Crippen LogP) is 4.21. The van der Waals surface area contributed by atoms with E-state index in [0.717, 1.165) is 22.0 Å². The third-order valence-corrected chi connectivity index (χ3v) is 3.96. The quantitative estimate of drug-likeness (QED) is 0.567. The van der Waals surface area contributed by atoms with Gasteiger partial charge in [-0.2, -0.15) is 0 Å². The van der Waals surface area contributed by atoms with Crippen LogP contribution in [0.3, 0.4) is 0 Å². The van der Waals surface area contributed by atoms with Crippen molar-refractivity contribution in [2.75, 3.05) is 0 Å². The van der Waals surface area contributed by atoms with Crippen molar-refractivity contribution in [3.8, 4) is 0 Å². The molecule has 4 rings (SSSR count). The number of nitrogens with zero attached hydrogens (tertiary/aromatic N) is 3. The van der Waals surface area contributed by atoms with Gasteiger partial charge in [0.1, 0.15) is 5.82 Å². The smallest absolute Gasteiger partial charge is 0.123 e. The molecule has 0 spiro atoms. The Labute approximate surface area is 133 Å². The summed E-state index contributed by atoms with van der Waals surface area (Å²) in [5.41, 5.74) is 2.87. The van der Waals surface area contributed by atoms with Crippen molar-refractivity contribution in [1.29, 1.82) is 0 Å². The highest BCUT2D eigenvalue weighted by Crippen LogP contribution is 2.31. The van der Waals surface area contributed by atoms with Crippen molar-refractivity contribution < 1.29 is 4.39 Å². The van der Waals surface area contributed by atoms with E-state index in [-0.39, 0.29) is 11.9 Å². The first-order valence-electron chi connectivity index (χ1n) is 7.39. The minimum Gasteiger partial charge on any atom is -0.326 e. The first-order valence-corrected chi connectivity index (χ1v) is 7.39. The Morgan fingerprint density at radius 2 is 1.87 bits per heavy atom. The Bertz CT molecular complexity index is 942. The Hall–Kier alpha value is -3.01. The monoisotopic (exact) mass is 303 g/mol. The van der Waals surface area contributed by atoms with Crippen molar-refractivity contribution in [1.82, 2.24) is 14.5 Å². The third-order valence-electron chi connectivity index (χ3n) is 3.96. The predicted molar refractivity (Wildman–Crippen MR) is 87.6 cm³/mol. The molecular formula is C19H14FN3. The van der Waals surface area contributed by atoms with E-state index in [9.17, 15) is 4.39 Å². The maximum Gasteiger partial charge on any atom is 0.123 e. The lowest BCUT2D eigenvalue weighted by atomic mass is 9.95. The summed E-state index contributed by atoms with van der Waals surface area (Å²) in [7, 11) is 0. The number of hydrogen-bond acceptors (Lipinski definition) is 2. The molecule has 0 amide bonds. The molecule has 4 aromatic rings. The number of aromatic nitrogens is 3. The lowest BCUT2D eigenvalue weighted by molar-refractivity contribution is 0.615. The van der Waals surface area contributed by atoms with Gasteiger partial charge in [0.25, 0.3) is 0 Å². The average Bonchev–Trinajstić information content (AvgIpc) is 3.10. The molecule has 4 heteroatoms. The molecule has 23 heavy (non-hydrogen) atoms. The van der Waals surface area contributed by atoms with Gasteiger partial charge in [-0.1, -0.05) is 30.3 Å². The van der Waals surface area contributed by atoms with Gasteiger partial charge < -0.3 is 4.57 Å². The summed E-state index contributed by atoms with van der Waals surface area (Å²) in [5, 5.41) is 1.05. The van der Waals surface area contributed by atoms with Gasteiger partial charge in [-0.25, -0.2) is 9.37 Å². The summed E-state index contributed by atoms with van der Waals surface area (Å²) in [6.07, 6.45) is 7.17. The molecule has 112 valence electrons. The van der Waals surface area contributed by atoms with Crippen molar-refractivity contribution in [3.05, 3.63) is 96.5 Å². The Balaban J connectivity index is 1.98. The third kappa shape index (κ3) is 2.48. The number of benzene rings is 2. The Kier molecular flexibility index (Phi) is 3.35. The molecule has 0 aliphatic rings. The molecule has 0 radical (unpaired) electrons. The highest BCUT2D eigenvalue weighted by atomic mass is 19.1. The normalized spacial score (nSPS) is 12.4. The molecule has 2 heterocycles. The van der Waals surface area contributed by atoms with Crippen LogP contribution in [0.15, 0.2) is 79.5 Å². The first kappa shape index (κ1) is 13.6. The maximum absolute atomic E-state index is 13.8. The van der Waals surface area contributed by atoms with E-state index < -0.39 is 0 Å². The fourth-order valence-corrected chi connectivity index (χ4v) is 2.97. The summed E-state index contributed by atoms with van der Waals surface area (Å²) in [6.45, 7) is 0. The van der Waals surface area contributed by atoms with E-state index in [1.807, 2.05) is 47.2 Å². The van der Waals surface area contributed by atoms with E-state index in [2.05, 4.69) is 9.97 Å². The van der Waals surface area contributed by atoms with Crippen molar-refractivity contribution >= 4 is 10.9 Å². The standard InChI is InChI=1S/C19H14FN3/c20-15-5-3-4-14(12-15)19(23-11-10-21-13-23)17-8-9-22-18-7-2-1-6-16(17)18/h1-13,19H. The molecule has 0 bridgehead atoms. The van der Waals surface area contributed by atoms with Gasteiger partial charge in [-0.3, -0.25) is 4.98 Å². The molecule has 0 saturated heterocycles. The molecule has 0 saturated carbocycles. The number of halogens is 1. The van der Waals surface area contributed by atoms with Crippen LogP contribution in [0.5, 0.6) is 0 Å². The van der Waals surface area contributed by atoms with Crippen molar-refractivity contribution in [3.63, 3.8) is 0 Å². The maximum atomic E-state index is 13.8. The van der Waals surface area contributed by atoms with Crippen LogP contribution in [-0.4, -0.2) is 14.5 Å². The Morgan fingerprint density at radius 1 is 0.957 bits per heavy atom. The molecule has 0 N–H and O–H groups in total. The second kappa shape index (κ2) is 5.65. The SMILES string of the molecule is Fc1cccc(C(c2ccnc3ccccc23)n2ccnc2)c1. The van der Waals surface area contributed by atoms with Crippen LogP contribution in [0, 0.1) is 5.82 Å². The Morgan fingerprint density at radius 3 is 2.70 bits per heavy atom. The minimum atomic E-state index is -0.244. The molecule has 1 atom stereocenters. The van der Waals surface area contributed by atoms with Crippen LogP contribution < -0.4 is 0 Å². The van der Waals surface area contributed by atoms with Gasteiger partial charge in [0.2, 0.25) is 0 Å². The van der Waals surface area contributed by atoms with Gasteiger partial charge in [0, 0.05) is 24.0 Å². The van der Waals surface area contributed by atoms with Gasteiger partial charge in [0.15, 0.2) is 0 Å². The molecular weight excluding hydrogens is 289 g/mol. The van der Waals surface area contributed by atoms with E-state index in [1.54, 1.807) is 30.9 Å². The lowest BCUT2D eigenvalue weighted by Crippen LogP contribution is -2.11. The summed E-state index contributed by atoms with van der Waals surface area (Å²) in [5.74, 6) is -0.244. The van der Waals surface area contributed by atoms with Gasteiger partial charge in [0.05, 0.1) is 17.9 Å². The number of rotatable bonds is 3. The molecule has 1 unspecified atom stereocenters. The second-order valence-corrected chi connectivity index (χ2v) is 5.38. The van der Waals surface area contributed by atoms with Crippen LogP contribution in [0.1, 0.15) is 17.2 Å². The van der Waals surface area contributed by atoms with Crippen molar-refractivity contribution in [2.45, 2.75) is 6.04 Å². The van der Waals surface area contributed by atoms with E-state index in [0.29, 0.717) is 0 Å². The van der Waals surface area contributed by atoms with E-state index in [1.165, 1.54) is 6.07 Å².